The summed E-state index contributed by atoms with van der Waals surface area (Å²) < 4.78 is 5.72. The smallest absolute Gasteiger partial charge is 0.226 e. The number of likely N-dealkylation sites (tertiary alicyclic amines) is 3. The second kappa shape index (κ2) is 8.13. The Labute approximate surface area is 157 Å². The van der Waals surface area contributed by atoms with Crippen LogP contribution in [0, 0.1) is 12.8 Å². The highest BCUT2D eigenvalue weighted by atomic mass is 16.3. The number of hydrogen-bond acceptors (Lipinski definition) is 4. The molecular formula is C21H33N3O2. The van der Waals surface area contributed by atoms with E-state index >= 15 is 0 Å². The second-order valence-corrected chi connectivity index (χ2v) is 8.39. The fourth-order valence-corrected chi connectivity index (χ4v) is 4.97. The molecule has 0 aromatic carbocycles. The van der Waals surface area contributed by atoms with Crippen molar-refractivity contribution in [3.8, 4) is 0 Å². The summed E-state index contributed by atoms with van der Waals surface area (Å²) in [5.41, 5.74) is 0. The third-order valence-corrected chi connectivity index (χ3v) is 6.47. The molecule has 3 aliphatic heterocycles. The first-order chi connectivity index (χ1) is 12.7. The predicted octanol–water partition coefficient (Wildman–Crippen LogP) is 2.89. The van der Waals surface area contributed by atoms with Crippen LogP contribution < -0.4 is 0 Å². The molecule has 5 heteroatoms. The molecule has 0 unspecified atom stereocenters. The number of carbonyl (C=O) groups is 1. The minimum Gasteiger partial charge on any atom is -0.465 e. The van der Waals surface area contributed by atoms with Crippen LogP contribution in [0.2, 0.25) is 0 Å². The van der Waals surface area contributed by atoms with Gasteiger partial charge in [-0.15, -0.1) is 0 Å². The summed E-state index contributed by atoms with van der Waals surface area (Å²) in [4.78, 5) is 20.0. The van der Waals surface area contributed by atoms with E-state index in [-0.39, 0.29) is 5.92 Å². The Kier molecular flexibility index (Phi) is 5.65. The third kappa shape index (κ3) is 4.15. The minimum absolute atomic E-state index is 0.242. The average molecular weight is 360 g/mol. The molecule has 4 rings (SSSR count). The number of amides is 1. The Morgan fingerprint density at radius 2 is 1.81 bits per heavy atom. The lowest BCUT2D eigenvalue weighted by atomic mass is 9.93. The average Bonchev–Trinajstić information content (AvgIpc) is 3.34. The second-order valence-electron chi connectivity index (χ2n) is 8.39. The van der Waals surface area contributed by atoms with Gasteiger partial charge in [0.15, 0.2) is 0 Å². The van der Waals surface area contributed by atoms with Crippen LogP contribution >= 0.6 is 0 Å². The number of aryl methyl sites for hydroxylation is 1. The Balaban J connectivity index is 1.26. The van der Waals surface area contributed by atoms with E-state index in [1.807, 2.05) is 13.0 Å². The van der Waals surface area contributed by atoms with Crippen LogP contribution in [-0.2, 0) is 11.3 Å². The molecule has 3 saturated heterocycles. The van der Waals surface area contributed by atoms with Gasteiger partial charge in [-0.1, -0.05) is 0 Å². The highest BCUT2D eigenvalue weighted by molar-refractivity contribution is 5.79. The fraction of sp³-hybridized carbons (Fsp3) is 0.762. The SMILES string of the molecule is Cc1ccc(CN2CCC(N3CCC[C@@H](C(=O)N4CCCC4)C3)CC2)o1. The highest BCUT2D eigenvalue weighted by Gasteiger charge is 2.34. The number of carbonyl (C=O) groups excluding carboxylic acids is 1. The van der Waals surface area contributed by atoms with Gasteiger partial charge in [-0.3, -0.25) is 14.6 Å². The Morgan fingerprint density at radius 1 is 1.04 bits per heavy atom. The first-order valence-corrected chi connectivity index (χ1v) is 10.5. The predicted molar refractivity (Wildman–Crippen MR) is 102 cm³/mol. The lowest BCUT2D eigenvalue weighted by molar-refractivity contribution is -0.136. The van der Waals surface area contributed by atoms with E-state index in [0.29, 0.717) is 11.9 Å². The van der Waals surface area contributed by atoms with Crippen molar-refractivity contribution in [3.63, 3.8) is 0 Å². The summed E-state index contributed by atoms with van der Waals surface area (Å²) in [6.45, 7) is 9.32. The lowest BCUT2D eigenvalue weighted by Gasteiger charge is -2.42. The van der Waals surface area contributed by atoms with E-state index in [2.05, 4.69) is 20.8 Å². The maximum atomic E-state index is 12.8. The number of hydrogen-bond donors (Lipinski definition) is 0. The molecule has 0 bridgehead atoms. The van der Waals surface area contributed by atoms with E-state index < -0.39 is 0 Å². The Hall–Kier alpha value is -1.33. The van der Waals surface area contributed by atoms with Gasteiger partial charge in [-0.05, 0) is 64.1 Å². The van der Waals surface area contributed by atoms with Gasteiger partial charge in [-0.2, -0.15) is 0 Å². The van der Waals surface area contributed by atoms with Crippen LogP contribution in [0.25, 0.3) is 0 Å². The van der Waals surface area contributed by atoms with Gasteiger partial charge in [0.25, 0.3) is 0 Å². The van der Waals surface area contributed by atoms with Gasteiger partial charge in [0.2, 0.25) is 5.91 Å². The van der Waals surface area contributed by atoms with Crippen LogP contribution in [0.15, 0.2) is 16.5 Å². The van der Waals surface area contributed by atoms with Crippen LogP contribution in [0.1, 0.15) is 50.0 Å². The van der Waals surface area contributed by atoms with Gasteiger partial charge in [-0.25, -0.2) is 0 Å². The quantitative estimate of drug-likeness (QED) is 0.829. The normalized spacial score (nSPS) is 26.5. The maximum Gasteiger partial charge on any atom is 0.226 e. The monoisotopic (exact) mass is 359 g/mol. The van der Waals surface area contributed by atoms with E-state index in [9.17, 15) is 4.79 Å². The zero-order valence-corrected chi connectivity index (χ0v) is 16.2. The van der Waals surface area contributed by atoms with Crippen molar-refractivity contribution in [2.75, 3.05) is 39.3 Å². The Bertz CT molecular complexity index is 600. The van der Waals surface area contributed by atoms with Crippen molar-refractivity contribution in [1.82, 2.24) is 14.7 Å². The molecule has 0 radical (unpaired) electrons. The summed E-state index contributed by atoms with van der Waals surface area (Å²) in [6, 6.07) is 4.80. The van der Waals surface area contributed by atoms with Crippen molar-refractivity contribution in [2.45, 2.75) is 58.0 Å². The molecule has 1 aromatic heterocycles. The first kappa shape index (κ1) is 18.1. The molecule has 144 valence electrons. The molecule has 26 heavy (non-hydrogen) atoms. The van der Waals surface area contributed by atoms with E-state index in [1.165, 1.54) is 38.6 Å². The third-order valence-electron chi connectivity index (χ3n) is 6.47. The van der Waals surface area contributed by atoms with Crippen molar-refractivity contribution >= 4 is 5.91 Å². The molecule has 1 amide bonds. The molecule has 0 saturated carbocycles. The van der Waals surface area contributed by atoms with E-state index in [1.54, 1.807) is 0 Å². The molecular weight excluding hydrogens is 326 g/mol. The molecule has 3 aliphatic rings. The largest absolute Gasteiger partial charge is 0.465 e. The zero-order chi connectivity index (χ0) is 17.9. The van der Waals surface area contributed by atoms with Crippen LogP contribution in [-0.4, -0.2) is 65.9 Å². The van der Waals surface area contributed by atoms with Crippen LogP contribution in [0.4, 0.5) is 0 Å². The molecule has 1 atom stereocenters. The molecule has 3 fully saturated rings. The van der Waals surface area contributed by atoms with Crippen molar-refractivity contribution in [1.29, 1.82) is 0 Å². The molecule has 1 aromatic rings. The lowest BCUT2D eigenvalue weighted by Crippen LogP contribution is -2.50. The number of furan rings is 1. The van der Waals surface area contributed by atoms with Gasteiger partial charge in [0.05, 0.1) is 12.5 Å². The number of rotatable bonds is 4. The molecule has 0 aliphatic carbocycles. The number of piperidine rings is 2. The molecule has 0 N–H and O–H groups in total. The Morgan fingerprint density at radius 3 is 2.50 bits per heavy atom. The van der Waals surface area contributed by atoms with Gasteiger partial charge >= 0.3 is 0 Å². The van der Waals surface area contributed by atoms with Gasteiger partial charge < -0.3 is 9.32 Å². The number of nitrogens with zero attached hydrogens (tertiary/aromatic N) is 3. The highest BCUT2D eigenvalue weighted by Crippen LogP contribution is 2.26. The van der Waals surface area contributed by atoms with Gasteiger partial charge in [0.1, 0.15) is 11.5 Å². The van der Waals surface area contributed by atoms with E-state index in [4.69, 9.17) is 4.42 Å². The standard InChI is InChI=1S/C21H33N3O2/c1-17-6-7-20(26-17)16-22-13-8-19(9-14-22)24-12-4-5-18(15-24)21(25)23-10-2-3-11-23/h6-7,18-19H,2-5,8-16H2,1H3/t18-/m1/s1. The van der Waals surface area contributed by atoms with Crippen LogP contribution in [0.5, 0.6) is 0 Å². The summed E-state index contributed by atoms with van der Waals surface area (Å²) in [6.07, 6.45) is 7.07. The van der Waals surface area contributed by atoms with Gasteiger partial charge in [0, 0.05) is 38.8 Å². The fourth-order valence-electron chi connectivity index (χ4n) is 4.97. The minimum atomic E-state index is 0.242. The molecule has 5 nitrogen and oxygen atoms in total. The molecule has 4 heterocycles. The zero-order valence-electron chi connectivity index (χ0n) is 16.2. The molecule has 0 spiro atoms. The van der Waals surface area contributed by atoms with Crippen LogP contribution in [0.3, 0.4) is 0 Å². The summed E-state index contributed by atoms with van der Waals surface area (Å²) in [5.74, 6) is 2.75. The maximum absolute atomic E-state index is 12.8. The first-order valence-electron chi connectivity index (χ1n) is 10.5. The summed E-state index contributed by atoms with van der Waals surface area (Å²) in [7, 11) is 0. The summed E-state index contributed by atoms with van der Waals surface area (Å²) >= 11 is 0. The summed E-state index contributed by atoms with van der Waals surface area (Å²) in [5, 5.41) is 0. The topological polar surface area (TPSA) is 39.9 Å². The van der Waals surface area contributed by atoms with E-state index in [0.717, 1.165) is 57.2 Å². The van der Waals surface area contributed by atoms with Crippen molar-refractivity contribution in [3.05, 3.63) is 23.7 Å². The van der Waals surface area contributed by atoms with Crippen molar-refractivity contribution in [2.24, 2.45) is 5.92 Å². The van der Waals surface area contributed by atoms with Crippen molar-refractivity contribution < 1.29 is 9.21 Å².